The number of sulfonamides is 1. The maximum atomic E-state index is 12.9. The summed E-state index contributed by atoms with van der Waals surface area (Å²) in [6.07, 6.45) is 4.18. The van der Waals surface area contributed by atoms with Crippen LogP contribution >= 0.6 is 11.6 Å². The average Bonchev–Trinajstić information content (AvgIpc) is 2.88. The number of hydrogen-bond acceptors (Lipinski definition) is 4. The third-order valence-corrected chi connectivity index (χ3v) is 6.49. The molecule has 0 saturated heterocycles. The first-order valence-corrected chi connectivity index (χ1v) is 9.58. The molecule has 0 radical (unpaired) electrons. The van der Waals surface area contributed by atoms with E-state index in [1.165, 1.54) is 0 Å². The Morgan fingerprint density at radius 3 is 2.67 bits per heavy atom. The lowest BCUT2D eigenvalue weighted by Crippen LogP contribution is -2.41. The Kier molecular flexibility index (Phi) is 4.70. The van der Waals surface area contributed by atoms with E-state index in [2.05, 4.69) is 9.82 Å². The SMILES string of the molecule is Cc1cccc(Cl)c1S(=O)(=O)N[C@@H](c1cnn(C)c1)C1CC(O)C1. The van der Waals surface area contributed by atoms with Crippen molar-refractivity contribution in [3.63, 3.8) is 0 Å². The van der Waals surface area contributed by atoms with E-state index < -0.39 is 16.1 Å². The molecule has 8 heteroatoms. The minimum absolute atomic E-state index is 0.0294. The monoisotopic (exact) mass is 369 g/mol. The predicted octanol–water partition coefficient (Wildman–Crippen LogP) is 2.17. The standard InChI is InChI=1S/C16H20ClN3O3S/c1-10-4-3-5-14(17)16(10)24(22,23)19-15(11-6-13(21)7-11)12-8-18-20(2)9-12/h3-5,8-9,11,13,15,19,21H,6-7H2,1-2H3/t11?,13?,15-/m1/s1. The van der Waals surface area contributed by atoms with Crippen LogP contribution in [0.15, 0.2) is 35.5 Å². The first kappa shape index (κ1) is 17.4. The normalized spacial score (nSPS) is 22.2. The van der Waals surface area contributed by atoms with Crippen LogP contribution in [0.5, 0.6) is 0 Å². The van der Waals surface area contributed by atoms with E-state index >= 15 is 0 Å². The third kappa shape index (κ3) is 3.35. The summed E-state index contributed by atoms with van der Waals surface area (Å²) in [6.45, 7) is 1.71. The van der Waals surface area contributed by atoms with Gasteiger partial charge in [0, 0.05) is 18.8 Å². The number of aryl methyl sites for hydroxylation is 2. The van der Waals surface area contributed by atoms with Crippen LogP contribution in [0.2, 0.25) is 5.02 Å². The highest BCUT2D eigenvalue weighted by Gasteiger charge is 2.38. The third-order valence-electron chi connectivity index (χ3n) is 4.42. The van der Waals surface area contributed by atoms with Crippen molar-refractivity contribution in [3.8, 4) is 0 Å². The van der Waals surface area contributed by atoms with Crippen LogP contribution in [0.4, 0.5) is 0 Å². The van der Waals surface area contributed by atoms with Crippen molar-refractivity contribution < 1.29 is 13.5 Å². The lowest BCUT2D eigenvalue weighted by atomic mass is 9.76. The molecule has 24 heavy (non-hydrogen) atoms. The summed E-state index contributed by atoms with van der Waals surface area (Å²) in [7, 11) is -2.02. The molecule has 130 valence electrons. The van der Waals surface area contributed by atoms with Gasteiger partial charge in [0.15, 0.2) is 0 Å². The van der Waals surface area contributed by atoms with Crippen molar-refractivity contribution in [2.75, 3.05) is 0 Å². The van der Waals surface area contributed by atoms with Gasteiger partial charge < -0.3 is 5.11 Å². The highest BCUT2D eigenvalue weighted by Crippen LogP contribution is 2.39. The predicted molar refractivity (Wildman–Crippen MR) is 91.2 cm³/mol. The van der Waals surface area contributed by atoms with Crippen LogP contribution in [-0.4, -0.2) is 29.4 Å². The van der Waals surface area contributed by atoms with Gasteiger partial charge in [-0.25, -0.2) is 13.1 Å². The molecule has 2 N–H and O–H groups in total. The molecular weight excluding hydrogens is 350 g/mol. The molecular formula is C16H20ClN3O3S. The topological polar surface area (TPSA) is 84.2 Å². The largest absolute Gasteiger partial charge is 0.393 e. The molecule has 1 saturated carbocycles. The number of nitrogens with one attached hydrogen (secondary N) is 1. The summed E-state index contributed by atoms with van der Waals surface area (Å²) < 4.78 is 30.2. The Morgan fingerprint density at radius 2 is 2.12 bits per heavy atom. The summed E-state index contributed by atoms with van der Waals surface area (Å²) in [6, 6.07) is 4.56. The molecule has 2 aromatic rings. The van der Waals surface area contributed by atoms with Gasteiger partial charge >= 0.3 is 0 Å². The summed E-state index contributed by atoms with van der Waals surface area (Å²) in [4.78, 5) is 0.0976. The van der Waals surface area contributed by atoms with E-state index in [9.17, 15) is 13.5 Å². The molecule has 0 amide bonds. The number of aliphatic hydroxyl groups excluding tert-OH is 1. The van der Waals surface area contributed by atoms with Crippen molar-refractivity contribution >= 4 is 21.6 Å². The fraction of sp³-hybridized carbons (Fsp3) is 0.438. The quantitative estimate of drug-likeness (QED) is 0.846. The molecule has 6 nitrogen and oxygen atoms in total. The number of rotatable bonds is 5. The Labute approximate surface area is 146 Å². The van der Waals surface area contributed by atoms with E-state index in [0.717, 1.165) is 5.56 Å². The molecule has 1 aliphatic carbocycles. The average molecular weight is 370 g/mol. The number of benzene rings is 1. The molecule has 0 unspecified atom stereocenters. The number of aromatic nitrogens is 2. The number of aliphatic hydroxyl groups is 1. The molecule has 1 heterocycles. The van der Waals surface area contributed by atoms with Gasteiger partial charge in [-0.15, -0.1) is 0 Å². The molecule has 3 rings (SSSR count). The van der Waals surface area contributed by atoms with Gasteiger partial charge in [-0.3, -0.25) is 4.68 Å². The molecule has 0 spiro atoms. The molecule has 1 atom stereocenters. The van der Waals surface area contributed by atoms with Crippen LogP contribution < -0.4 is 4.72 Å². The second-order valence-corrected chi connectivity index (χ2v) is 8.38. The second kappa shape index (κ2) is 6.48. The van der Waals surface area contributed by atoms with Crippen molar-refractivity contribution in [3.05, 3.63) is 46.7 Å². The van der Waals surface area contributed by atoms with Gasteiger partial charge in [-0.1, -0.05) is 23.7 Å². The lowest BCUT2D eigenvalue weighted by molar-refractivity contribution is 0.0280. The summed E-state index contributed by atoms with van der Waals surface area (Å²) >= 11 is 6.12. The molecule has 1 aromatic carbocycles. The van der Waals surface area contributed by atoms with Gasteiger partial charge in [0.1, 0.15) is 4.90 Å². The number of halogens is 1. The number of hydrogen-bond donors (Lipinski definition) is 2. The zero-order valence-electron chi connectivity index (χ0n) is 13.5. The lowest BCUT2D eigenvalue weighted by Gasteiger charge is -2.37. The first-order chi connectivity index (χ1) is 11.3. The van der Waals surface area contributed by atoms with Gasteiger partial charge in [-0.2, -0.15) is 5.10 Å². The smallest absolute Gasteiger partial charge is 0.242 e. The molecule has 0 bridgehead atoms. The van der Waals surface area contributed by atoms with Crippen LogP contribution in [0, 0.1) is 12.8 Å². The molecule has 1 aromatic heterocycles. The van der Waals surface area contributed by atoms with E-state index in [1.807, 2.05) is 0 Å². The Bertz CT molecular complexity index is 824. The Morgan fingerprint density at radius 1 is 1.42 bits per heavy atom. The van der Waals surface area contributed by atoms with Gasteiger partial charge in [0.25, 0.3) is 0 Å². The summed E-state index contributed by atoms with van der Waals surface area (Å²) in [5, 5.41) is 13.9. The van der Waals surface area contributed by atoms with Crippen molar-refractivity contribution in [2.45, 2.75) is 36.8 Å². The summed E-state index contributed by atoms with van der Waals surface area (Å²) in [5.74, 6) is 0.0294. The zero-order valence-corrected chi connectivity index (χ0v) is 15.0. The zero-order chi connectivity index (χ0) is 17.5. The van der Waals surface area contributed by atoms with E-state index in [0.29, 0.717) is 18.4 Å². The van der Waals surface area contributed by atoms with Crippen LogP contribution in [-0.2, 0) is 17.1 Å². The second-order valence-electron chi connectivity index (χ2n) is 6.32. The van der Waals surface area contributed by atoms with Crippen LogP contribution in [0.25, 0.3) is 0 Å². The van der Waals surface area contributed by atoms with Crippen LogP contribution in [0.1, 0.15) is 30.0 Å². The fourth-order valence-corrected chi connectivity index (χ4v) is 5.25. The minimum Gasteiger partial charge on any atom is -0.393 e. The van der Waals surface area contributed by atoms with E-state index in [1.54, 1.807) is 49.2 Å². The number of nitrogens with zero attached hydrogens (tertiary/aromatic N) is 2. The van der Waals surface area contributed by atoms with Crippen LogP contribution in [0.3, 0.4) is 0 Å². The molecule has 0 aliphatic heterocycles. The maximum Gasteiger partial charge on any atom is 0.242 e. The molecule has 1 aliphatic rings. The van der Waals surface area contributed by atoms with Gasteiger partial charge in [0.2, 0.25) is 10.0 Å². The van der Waals surface area contributed by atoms with Crippen molar-refractivity contribution in [1.82, 2.24) is 14.5 Å². The minimum atomic E-state index is -3.80. The molecule has 1 fully saturated rings. The highest BCUT2D eigenvalue weighted by molar-refractivity contribution is 7.89. The highest BCUT2D eigenvalue weighted by atomic mass is 35.5. The van der Waals surface area contributed by atoms with Gasteiger partial charge in [-0.05, 0) is 37.3 Å². The Balaban J connectivity index is 1.95. The first-order valence-electron chi connectivity index (χ1n) is 7.72. The van der Waals surface area contributed by atoms with Gasteiger partial charge in [0.05, 0.1) is 23.4 Å². The maximum absolute atomic E-state index is 12.9. The van der Waals surface area contributed by atoms with Crippen molar-refractivity contribution in [2.24, 2.45) is 13.0 Å². The van der Waals surface area contributed by atoms with E-state index in [4.69, 9.17) is 11.6 Å². The van der Waals surface area contributed by atoms with Crippen molar-refractivity contribution in [1.29, 1.82) is 0 Å². The van der Waals surface area contributed by atoms with E-state index in [-0.39, 0.29) is 21.9 Å². The fourth-order valence-electron chi connectivity index (χ4n) is 3.12. The summed E-state index contributed by atoms with van der Waals surface area (Å²) in [5.41, 5.74) is 1.37. The Hall–Kier alpha value is -1.41.